The Morgan fingerprint density at radius 3 is 2.88 bits per heavy atom. The van der Waals surface area contributed by atoms with Crippen LogP contribution in [0.25, 0.3) is 0 Å². The maximum Gasteiger partial charge on any atom is 0.234 e. The standard InChI is InChI=1S/C13H18N2O2/c1-13(2,9-14)12(16)15-7-8-17-11-6-4-3-5-10(11)15/h3-6H,7-9,14H2,1-2H3. The van der Waals surface area contributed by atoms with Crippen molar-refractivity contribution in [3.63, 3.8) is 0 Å². The molecule has 1 aliphatic rings. The second kappa shape index (κ2) is 4.37. The van der Waals surface area contributed by atoms with E-state index in [1.54, 1.807) is 4.90 Å². The minimum atomic E-state index is -0.537. The van der Waals surface area contributed by atoms with E-state index in [9.17, 15) is 4.79 Å². The van der Waals surface area contributed by atoms with E-state index < -0.39 is 5.41 Å². The van der Waals surface area contributed by atoms with Crippen molar-refractivity contribution in [1.29, 1.82) is 0 Å². The van der Waals surface area contributed by atoms with E-state index in [4.69, 9.17) is 10.5 Å². The fraction of sp³-hybridized carbons (Fsp3) is 0.462. The molecule has 0 saturated heterocycles. The van der Waals surface area contributed by atoms with Crippen LogP contribution in [-0.4, -0.2) is 25.6 Å². The quantitative estimate of drug-likeness (QED) is 0.841. The molecule has 1 aromatic carbocycles. The number of ether oxygens (including phenoxy) is 1. The van der Waals surface area contributed by atoms with Gasteiger partial charge in [0.05, 0.1) is 17.6 Å². The van der Waals surface area contributed by atoms with Crippen LogP contribution in [0.3, 0.4) is 0 Å². The van der Waals surface area contributed by atoms with E-state index in [1.165, 1.54) is 0 Å². The first-order chi connectivity index (χ1) is 8.06. The molecule has 1 amide bonds. The van der Waals surface area contributed by atoms with E-state index in [-0.39, 0.29) is 5.91 Å². The topological polar surface area (TPSA) is 55.6 Å². The second-order valence-electron chi connectivity index (χ2n) is 4.86. The number of hydrogen-bond acceptors (Lipinski definition) is 3. The summed E-state index contributed by atoms with van der Waals surface area (Å²) in [5.74, 6) is 0.815. The van der Waals surface area contributed by atoms with Crippen molar-refractivity contribution in [1.82, 2.24) is 0 Å². The number of carbonyl (C=O) groups excluding carboxylic acids is 1. The second-order valence-corrected chi connectivity index (χ2v) is 4.86. The molecule has 0 radical (unpaired) electrons. The van der Waals surface area contributed by atoms with Crippen LogP contribution in [-0.2, 0) is 4.79 Å². The molecular formula is C13H18N2O2. The first-order valence-corrected chi connectivity index (χ1v) is 5.80. The molecule has 0 aromatic heterocycles. The third-order valence-electron chi connectivity index (χ3n) is 3.06. The van der Waals surface area contributed by atoms with Crippen molar-refractivity contribution in [2.75, 3.05) is 24.6 Å². The van der Waals surface area contributed by atoms with Gasteiger partial charge in [0.2, 0.25) is 5.91 Å². The van der Waals surface area contributed by atoms with Gasteiger partial charge in [0.1, 0.15) is 12.4 Å². The minimum Gasteiger partial charge on any atom is -0.490 e. The van der Waals surface area contributed by atoms with Crippen LogP contribution in [0.2, 0.25) is 0 Å². The molecule has 0 unspecified atom stereocenters. The summed E-state index contributed by atoms with van der Waals surface area (Å²) in [5.41, 5.74) is 5.96. The average Bonchev–Trinajstić information content (AvgIpc) is 2.37. The molecule has 2 N–H and O–H groups in total. The molecule has 0 aliphatic carbocycles. The summed E-state index contributed by atoms with van der Waals surface area (Å²) < 4.78 is 5.53. The number of carbonyl (C=O) groups is 1. The summed E-state index contributed by atoms with van der Waals surface area (Å²) in [6, 6.07) is 7.59. The first-order valence-electron chi connectivity index (χ1n) is 5.80. The third kappa shape index (κ3) is 2.13. The van der Waals surface area contributed by atoms with Crippen LogP contribution in [0.5, 0.6) is 5.75 Å². The molecule has 1 heterocycles. The molecule has 1 aliphatic heterocycles. The van der Waals surface area contributed by atoms with Crippen molar-refractivity contribution >= 4 is 11.6 Å². The molecule has 4 heteroatoms. The van der Waals surface area contributed by atoms with Gasteiger partial charge in [-0.3, -0.25) is 4.79 Å². The Hall–Kier alpha value is -1.55. The Kier molecular flexibility index (Phi) is 3.07. The molecule has 0 bridgehead atoms. The lowest BCUT2D eigenvalue weighted by molar-refractivity contribution is -0.126. The van der Waals surface area contributed by atoms with E-state index in [1.807, 2.05) is 38.1 Å². The van der Waals surface area contributed by atoms with Gasteiger partial charge in [-0.05, 0) is 26.0 Å². The molecule has 0 spiro atoms. The highest BCUT2D eigenvalue weighted by Gasteiger charge is 2.33. The van der Waals surface area contributed by atoms with Crippen LogP contribution in [0.15, 0.2) is 24.3 Å². The zero-order chi connectivity index (χ0) is 12.5. The molecule has 4 nitrogen and oxygen atoms in total. The minimum absolute atomic E-state index is 0.0516. The summed E-state index contributed by atoms with van der Waals surface area (Å²) in [7, 11) is 0. The lowest BCUT2D eigenvalue weighted by Gasteiger charge is -2.34. The Morgan fingerprint density at radius 1 is 1.47 bits per heavy atom. The van der Waals surface area contributed by atoms with Gasteiger partial charge in [0.25, 0.3) is 0 Å². The fourth-order valence-electron chi connectivity index (χ4n) is 1.83. The number of rotatable bonds is 2. The van der Waals surface area contributed by atoms with Gasteiger partial charge in [-0.1, -0.05) is 12.1 Å². The Bertz CT molecular complexity index is 429. The normalized spacial score (nSPS) is 15.1. The predicted molar refractivity (Wildman–Crippen MR) is 67.1 cm³/mol. The van der Waals surface area contributed by atoms with Gasteiger partial charge < -0.3 is 15.4 Å². The van der Waals surface area contributed by atoms with Gasteiger partial charge in [-0.2, -0.15) is 0 Å². The van der Waals surface area contributed by atoms with Crippen molar-refractivity contribution in [2.45, 2.75) is 13.8 Å². The van der Waals surface area contributed by atoms with Crippen LogP contribution in [0, 0.1) is 5.41 Å². The third-order valence-corrected chi connectivity index (χ3v) is 3.06. The fourth-order valence-corrected chi connectivity index (χ4v) is 1.83. The van der Waals surface area contributed by atoms with Gasteiger partial charge in [-0.15, -0.1) is 0 Å². The van der Waals surface area contributed by atoms with Crippen molar-refractivity contribution in [2.24, 2.45) is 11.1 Å². The van der Waals surface area contributed by atoms with E-state index in [2.05, 4.69) is 0 Å². The number of hydrogen-bond donors (Lipinski definition) is 1. The molecule has 92 valence electrons. The van der Waals surface area contributed by atoms with Crippen LogP contribution in [0.1, 0.15) is 13.8 Å². The lowest BCUT2D eigenvalue weighted by atomic mass is 9.91. The zero-order valence-corrected chi connectivity index (χ0v) is 10.3. The maximum absolute atomic E-state index is 12.4. The Labute approximate surface area is 101 Å². The highest BCUT2D eigenvalue weighted by atomic mass is 16.5. The molecular weight excluding hydrogens is 216 g/mol. The number of nitrogens with two attached hydrogens (primary N) is 1. The molecule has 0 fully saturated rings. The molecule has 0 saturated carbocycles. The number of nitrogens with zero attached hydrogens (tertiary/aromatic N) is 1. The van der Waals surface area contributed by atoms with Gasteiger partial charge in [0.15, 0.2) is 0 Å². The SMILES string of the molecule is CC(C)(CN)C(=O)N1CCOc2ccccc21. The van der Waals surface area contributed by atoms with Crippen LogP contribution >= 0.6 is 0 Å². The van der Waals surface area contributed by atoms with E-state index in [0.717, 1.165) is 11.4 Å². The van der Waals surface area contributed by atoms with Crippen LogP contribution in [0.4, 0.5) is 5.69 Å². The van der Waals surface area contributed by atoms with E-state index >= 15 is 0 Å². The molecule has 17 heavy (non-hydrogen) atoms. The number of benzene rings is 1. The Balaban J connectivity index is 2.33. The molecule has 0 atom stereocenters. The number of amides is 1. The lowest BCUT2D eigenvalue weighted by Crippen LogP contribution is -2.47. The molecule has 2 rings (SSSR count). The summed E-state index contributed by atoms with van der Waals surface area (Å²) >= 11 is 0. The van der Waals surface area contributed by atoms with Crippen molar-refractivity contribution in [3.8, 4) is 5.75 Å². The highest BCUT2D eigenvalue weighted by Crippen LogP contribution is 2.33. The first kappa shape index (κ1) is 11.9. The predicted octanol–water partition coefficient (Wildman–Crippen LogP) is 1.40. The highest BCUT2D eigenvalue weighted by molar-refractivity contribution is 5.98. The summed E-state index contributed by atoms with van der Waals surface area (Å²) in [4.78, 5) is 14.2. The monoisotopic (exact) mass is 234 g/mol. The van der Waals surface area contributed by atoms with E-state index in [0.29, 0.717) is 19.7 Å². The maximum atomic E-state index is 12.4. The zero-order valence-electron chi connectivity index (χ0n) is 10.3. The largest absolute Gasteiger partial charge is 0.490 e. The number of para-hydroxylation sites is 2. The molecule has 1 aromatic rings. The Morgan fingerprint density at radius 2 is 2.18 bits per heavy atom. The summed E-state index contributed by atoms with van der Waals surface area (Å²) in [5, 5.41) is 0. The summed E-state index contributed by atoms with van der Waals surface area (Å²) in [6.45, 7) is 5.19. The van der Waals surface area contributed by atoms with Gasteiger partial charge in [0, 0.05) is 6.54 Å². The van der Waals surface area contributed by atoms with Crippen molar-refractivity contribution in [3.05, 3.63) is 24.3 Å². The van der Waals surface area contributed by atoms with Crippen LogP contribution < -0.4 is 15.4 Å². The van der Waals surface area contributed by atoms with Gasteiger partial charge in [-0.25, -0.2) is 0 Å². The van der Waals surface area contributed by atoms with Crippen molar-refractivity contribution < 1.29 is 9.53 Å². The number of fused-ring (bicyclic) bond motifs is 1. The average molecular weight is 234 g/mol. The van der Waals surface area contributed by atoms with Gasteiger partial charge >= 0.3 is 0 Å². The number of anilines is 1. The summed E-state index contributed by atoms with van der Waals surface area (Å²) in [6.07, 6.45) is 0. The smallest absolute Gasteiger partial charge is 0.234 e.